The minimum atomic E-state index is -0.196. The molecule has 1 aromatic carbocycles. The summed E-state index contributed by atoms with van der Waals surface area (Å²) in [5, 5.41) is 0. The predicted octanol–water partition coefficient (Wildman–Crippen LogP) is 4.59. The molecule has 0 unspecified atom stereocenters. The zero-order valence-corrected chi connectivity index (χ0v) is 11.5. The van der Waals surface area contributed by atoms with E-state index in [1.807, 2.05) is 18.2 Å². The molecule has 0 fully saturated rings. The molecule has 0 bridgehead atoms. The van der Waals surface area contributed by atoms with Crippen LogP contribution in [0.15, 0.2) is 30.3 Å². The lowest BCUT2D eigenvalue weighted by molar-refractivity contribution is 0.0267. The molecule has 0 aromatic heterocycles. The summed E-state index contributed by atoms with van der Waals surface area (Å²) in [5.41, 5.74) is 0.643. The van der Waals surface area contributed by atoms with Gasteiger partial charge in [-0.2, -0.15) is 0 Å². The van der Waals surface area contributed by atoms with Gasteiger partial charge in [0.15, 0.2) is 0 Å². The molecule has 18 heavy (non-hydrogen) atoms. The molecule has 1 atom stereocenters. The van der Waals surface area contributed by atoms with Crippen molar-refractivity contribution in [3.63, 3.8) is 0 Å². The molecule has 0 N–H and O–H groups in total. The fraction of sp³-hybridized carbons (Fsp3) is 0.562. The average Bonchev–Trinajstić information content (AvgIpc) is 2.43. The monoisotopic (exact) mass is 248 g/mol. The van der Waals surface area contributed by atoms with Gasteiger partial charge in [0.05, 0.1) is 5.56 Å². The highest BCUT2D eigenvalue weighted by Gasteiger charge is 2.13. The summed E-state index contributed by atoms with van der Waals surface area (Å²) in [6.07, 6.45) is 6.82. The molecule has 1 aromatic rings. The first-order chi connectivity index (χ1) is 8.77. The fourth-order valence-electron chi connectivity index (χ4n) is 1.94. The predicted molar refractivity (Wildman–Crippen MR) is 74.7 cm³/mol. The topological polar surface area (TPSA) is 26.3 Å². The quantitative estimate of drug-likeness (QED) is 0.496. The lowest BCUT2D eigenvalue weighted by Crippen LogP contribution is -2.17. The summed E-state index contributed by atoms with van der Waals surface area (Å²) in [5.74, 6) is -0.196. The van der Waals surface area contributed by atoms with Crippen molar-refractivity contribution < 1.29 is 9.53 Å². The maximum atomic E-state index is 11.9. The standard InChI is InChI=1S/C16H24O2/c1-3-5-6-10-13-15(4-2)18-16(17)14-11-8-7-9-12-14/h7-9,11-12,15H,3-6,10,13H2,1-2H3/t15-/m1/s1. The van der Waals surface area contributed by atoms with Crippen molar-refractivity contribution in [3.8, 4) is 0 Å². The molecule has 0 amide bonds. The lowest BCUT2D eigenvalue weighted by atomic mass is 10.1. The molecule has 1 rings (SSSR count). The molecule has 0 aliphatic carbocycles. The first-order valence-corrected chi connectivity index (χ1v) is 7.04. The van der Waals surface area contributed by atoms with Crippen LogP contribution in [0.1, 0.15) is 62.7 Å². The molecule has 0 spiro atoms. The first kappa shape index (κ1) is 14.7. The summed E-state index contributed by atoms with van der Waals surface area (Å²) in [6, 6.07) is 9.22. The van der Waals surface area contributed by atoms with Gasteiger partial charge in [-0.1, -0.05) is 51.3 Å². The highest BCUT2D eigenvalue weighted by molar-refractivity contribution is 5.89. The van der Waals surface area contributed by atoms with Gasteiger partial charge in [-0.15, -0.1) is 0 Å². The second kappa shape index (κ2) is 8.73. The molecule has 0 radical (unpaired) electrons. The SMILES string of the molecule is CCCCCC[C@@H](CC)OC(=O)c1ccccc1. The van der Waals surface area contributed by atoms with E-state index < -0.39 is 0 Å². The van der Waals surface area contributed by atoms with Crippen LogP contribution >= 0.6 is 0 Å². The maximum Gasteiger partial charge on any atom is 0.338 e. The first-order valence-electron chi connectivity index (χ1n) is 7.04. The molecule has 0 aliphatic rings. The number of hydrogen-bond acceptors (Lipinski definition) is 2. The van der Waals surface area contributed by atoms with Crippen LogP contribution in [-0.4, -0.2) is 12.1 Å². The summed E-state index contributed by atoms with van der Waals surface area (Å²) in [4.78, 5) is 11.9. The minimum absolute atomic E-state index is 0.0644. The number of carbonyl (C=O) groups excluding carboxylic acids is 1. The fourth-order valence-corrected chi connectivity index (χ4v) is 1.94. The second-order valence-electron chi connectivity index (χ2n) is 4.65. The van der Waals surface area contributed by atoms with Crippen LogP contribution in [0.4, 0.5) is 0 Å². The van der Waals surface area contributed by atoms with Gasteiger partial charge < -0.3 is 4.74 Å². The second-order valence-corrected chi connectivity index (χ2v) is 4.65. The van der Waals surface area contributed by atoms with Gasteiger partial charge in [0.25, 0.3) is 0 Å². The van der Waals surface area contributed by atoms with Gasteiger partial charge in [0, 0.05) is 0 Å². The van der Waals surface area contributed by atoms with Crippen LogP contribution in [0.3, 0.4) is 0 Å². The Kier molecular flexibility index (Phi) is 7.16. The number of unbranched alkanes of at least 4 members (excludes halogenated alkanes) is 3. The van der Waals surface area contributed by atoms with Gasteiger partial charge in [0.2, 0.25) is 0 Å². The van der Waals surface area contributed by atoms with E-state index in [4.69, 9.17) is 4.74 Å². The summed E-state index contributed by atoms with van der Waals surface area (Å²) < 4.78 is 5.53. The smallest absolute Gasteiger partial charge is 0.338 e. The van der Waals surface area contributed by atoms with Gasteiger partial charge in [-0.3, -0.25) is 0 Å². The molecule has 0 aliphatic heterocycles. The molecule has 0 saturated carbocycles. The van der Waals surface area contributed by atoms with E-state index in [0.29, 0.717) is 5.56 Å². The number of benzene rings is 1. The number of ether oxygens (including phenoxy) is 1. The molecule has 2 nitrogen and oxygen atoms in total. The number of hydrogen-bond donors (Lipinski definition) is 0. The van der Waals surface area contributed by atoms with Crippen LogP contribution < -0.4 is 0 Å². The van der Waals surface area contributed by atoms with Crippen LogP contribution in [-0.2, 0) is 4.74 Å². The highest BCUT2D eigenvalue weighted by Crippen LogP contribution is 2.13. The van der Waals surface area contributed by atoms with Crippen molar-refractivity contribution in [1.29, 1.82) is 0 Å². The van der Waals surface area contributed by atoms with E-state index in [1.54, 1.807) is 12.1 Å². The molecule has 100 valence electrons. The molecular weight excluding hydrogens is 224 g/mol. The third-order valence-electron chi connectivity index (χ3n) is 3.12. The lowest BCUT2D eigenvalue weighted by Gasteiger charge is -2.16. The van der Waals surface area contributed by atoms with Crippen LogP contribution in [0.5, 0.6) is 0 Å². The average molecular weight is 248 g/mol. The van der Waals surface area contributed by atoms with E-state index in [2.05, 4.69) is 13.8 Å². The summed E-state index contributed by atoms with van der Waals surface area (Å²) >= 11 is 0. The third kappa shape index (κ3) is 5.35. The van der Waals surface area contributed by atoms with Gasteiger partial charge in [-0.05, 0) is 31.4 Å². The van der Waals surface area contributed by atoms with Crippen molar-refractivity contribution >= 4 is 5.97 Å². The summed E-state index contributed by atoms with van der Waals surface area (Å²) in [6.45, 7) is 4.27. The normalized spacial score (nSPS) is 12.1. The number of esters is 1. The largest absolute Gasteiger partial charge is 0.459 e. The Labute approximate surface area is 110 Å². The Hall–Kier alpha value is -1.31. The third-order valence-corrected chi connectivity index (χ3v) is 3.12. The van der Waals surface area contributed by atoms with E-state index in [1.165, 1.54) is 19.3 Å². The number of rotatable bonds is 8. The van der Waals surface area contributed by atoms with Crippen LogP contribution in [0, 0.1) is 0 Å². The van der Waals surface area contributed by atoms with Gasteiger partial charge in [-0.25, -0.2) is 4.79 Å². The minimum Gasteiger partial charge on any atom is -0.459 e. The molecular formula is C16H24O2. The van der Waals surface area contributed by atoms with Crippen molar-refractivity contribution in [2.75, 3.05) is 0 Å². The van der Waals surface area contributed by atoms with Crippen LogP contribution in [0.2, 0.25) is 0 Å². The Morgan fingerprint density at radius 1 is 1.11 bits per heavy atom. The molecule has 0 saturated heterocycles. The maximum absolute atomic E-state index is 11.9. The van der Waals surface area contributed by atoms with E-state index in [-0.39, 0.29) is 12.1 Å². The van der Waals surface area contributed by atoms with Crippen LogP contribution in [0.25, 0.3) is 0 Å². The van der Waals surface area contributed by atoms with Gasteiger partial charge in [0.1, 0.15) is 6.10 Å². The zero-order valence-electron chi connectivity index (χ0n) is 11.5. The van der Waals surface area contributed by atoms with Crippen molar-refractivity contribution in [3.05, 3.63) is 35.9 Å². The Bertz CT molecular complexity index is 332. The van der Waals surface area contributed by atoms with E-state index >= 15 is 0 Å². The van der Waals surface area contributed by atoms with Crippen molar-refractivity contribution in [2.24, 2.45) is 0 Å². The van der Waals surface area contributed by atoms with Crippen molar-refractivity contribution in [2.45, 2.75) is 58.5 Å². The van der Waals surface area contributed by atoms with E-state index in [0.717, 1.165) is 19.3 Å². The zero-order chi connectivity index (χ0) is 13.2. The Morgan fingerprint density at radius 3 is 2.44 bits per heavy atom. The summed E-state index contributed by atoms with van der Waals surface area (Å²) in [7, 11) is 0. The van der Waals surface area contributed by atoms with Crippen molar-refractivity contribution in [1.82, 2.24) is 0 Å². The van der Waals surface area contributed by atoms with E-state index in [9.17, 15) is 4.79 Å². The Morgan fingerprint density at radius 2 is 1.83 bits per heavy atom. The Balaban J connectivity index is 2.36. The van der Waals surface area contributed by atoms with Gasteiger partial charge >= 0.3 is 5.97 Å². The number of carbonyl (C=O) groups is 1. The highest BCUT2D eigenvalue weighted by atomic mass is 16.5. The molecule has 2 heteroatoms. The molecule has 0 heterocycles.